The van der Waals surface area contributed by atoms with Crippen molar-refractivity contribution in [3.05, 3.63) is 24.3 Å². The van der Waals surface area contributed by atoms with Gasteiger partial charge in [-0.3, -0.25) is 4.79 Å². The van der Waals surface area contributed by atoms with Crippen LogP contribution in [0.2, 0.25) is 0 Å². The number of hydrogen-bond acceptors (Lipinski definition) is 4. The molecule has 0 aliphatic heterocycles. The van der Waals surface area contributed by atoms with E-state index >= 15 is 0 Å². The number of rotatable bonds is 6. The summed E-state index contributed by atoms with van der Waals surface area (Å²) in [5.74, 6) is 0.383. The number of sulfonamides is 1. The molecular weight excluding hydrogens is 328 g/mol. The number of nitrogens with one attached hydrogen (secondary N) is 1. The normalized spacial score (nSPS) is 17.3. The van der Waals surface area contributed by atoms with Crippen LogP contribution in [0.15, 0.2) is 29.2 Å². The van der Waals surface area contributed by atoms with Gasteiger partial charge in [0.25, 0.3) is 0 Å². The fourth-order valence-electron chi connectivity index (χ4n) is 3.06. The van der Waals surface area contributed by atoms with Crippen molar-refractivity contribution in [2.45, 2.75) is 56.0 Å². The third-order valence-electron chi connectivity index (χ3n) is 4.54. The molecule has 1 amide bonds. The molecule has 1 aromatic carbocycles. The van der Waals surface area contributed by atoms with E-state index in [1.54, 1.807) is 31.0 Å². The van der Waals surface area contributed by atoms with Gasteiger partial charge in [0.15, 0.2) is 0 Å². The minimum atomic E-state index is -3.75. The zero-order valence-corrected chi connectivity index (χ0v) is 15.3. The van der Waals surface area contributed by atoms with Crippen molar-refractivity contribution >= 4 is 15.9 Å². The van der Waals surface area contributed by atoms with E-state index in [1.807, 2.05) is 0 Å². The first kappa shape index (κ1) is 18.7. The second-order valence-electron chi connectivity index (χ2n) is 6.26. The Bertz CT molecular complexity index is 652. The summed E-state index contributed by atoms with van der Waals surface area (Å²) in [7, 11) is -0.469. The number of likely N-dealkylation sites (N-methyl/N-ethyl adjacent to an activating group) is 1. The molecule has 0 unspecified atom stereocenters. The first-order valence-corrected chi connectivity index (χ1v) is 9.76. The number of amides is 1. The summed E-state index contributed by atoms with van der Waals surface area (Å²) in [6.07, 6.45) is 5.42. The fraction of sp³-hybridized carbons (Fsp3) is 0.588. The second-order valence-corrected chi connectivity index (χ2v) is 7.97. The van der Waals surface area contributed by atoms with Crippen LogP contribution in [0.4, 0.5) is 0 Å². The quantitative estimate of drug-likeness (QED) is 0.849. The smallest absolute Gasteiger partial charge is 0.241 e. The van der Waals surface area contributed by atoms with E-state index in [-0.39, 0.29) is 16.8 Å². The molecule has 1 N–H and O–H groups in total. The van der Waals surface area contributed by atoms with Crippen molar-refractivity contribution in [2.75, 3.05) is 14.2 Å². The molecule has 0 saturated heterocycles. The van der Waals surface area contributed by atoms with E-state index in [9.17, 15) is 13.2 Å². The molecule has 6 nitrogen and oxygen atoms in total. The predicted molar refractivity (Wildman–Crippen MR) is 92.4 cm³/mol. The van der Waals surface area contributed by atoms with E-state index in [1.165, 1.54) is 25.7 Å². The number of carbonyl (C=O) groups excluding carboxylic acids is 1. The highest BCUT2D eigenvalue weighted by Gasteiger charge is 2.28. The molecule has 0 radical (unpaired) electrons. The van der Waals surface area contributed by atoms with Crippen LogP contribution in [0.5, 0.6) is 5.75 Å². The van der Waals surface area contributed by atoms with Crippen LogP contribution in [0, 0.1) is 0 Å². The molecule has 7 heteroatoms. The zero-order chi connectivity index (χ0) is 17.7. The predicted octanol–water partition coefficient (Wildman–Crippen LogP) is 2.15. The third kappa shape index (κ3) is 4.48. The standard InChI is InChI=1S/C17H26N2O4S/c1-13(17(20)19(2)14-7-5-4-6-8-14)18-24(21,22)16-11-9-15(23-3)10-12-16/h9-14,18H,4-8H2,1-3H3/t13-/m0/s1. The average Bonchev–Trinajstić information content (AvgIpc) is 2.60. The lowest BCUT2D eigenvalue weighted by atomic mass is 9.94. The van der Waals surface area contributed by atoms with Gasteiger partial charge >= 0.3 is 0 Å². The number of ether oxygens (including phenoxy) is 1. The molecule has 1 atom stereocenters. The lowest BCUT2D eigenvalue weighted by Crippen LogP contribution is -2.49. The number of hydrogen-bond donors (Lipinski definition) is 1. The first-order chi connectivity index (χ1) is 11.3. The van der Waals surface area contributed by atoms with Crippen LogP contribution in [-0.2, 0) is 14.8 Å². The molecular formula is C17H26N2O4S. The van der Waals surface area contributed by atoms with Gasteiger partial charge in [-0.2, -0.15) is 4.72 Å². The third-order valence-corrected chi connectivity index (χ3v) is 6.10. The van der Waals surface area contributed by atoms with E-state index in [2.05, 4.69) is 4.72 Å². The Kier molecular flexibility index (Phi) is 6.23. The Balaban J connectivity index is 2.03. The zero-order valence-electron chi connectivity index (χ0n) is 14.5. The van der Waals surface area contributed by atoms with Crippen molar-refractivity contribution < 1.29 is 17.9 Å². The van der Waals surface area contributed by atoms with Crippen molar-refractivity contribution in [2.24, 2.45) is 0 Å². The van der Waals surface area contributed by atoms with Crippen LogP contribution >= 0.6 is 0 Å². The molecule has 0 aromatic heterocycles. The van der Waals surface area contributed by atoms with Gasteiger partial charge in [-0.1, -0.05) is 19.3 Å². The van der Waals surface area contributed by atoms with E-state index in [0.717, 1.165) is 25.7 Å². The highest BCUT2D eigenvalue weighted by Crippen LogP contribution is 2.22. The lowest BCUT2D eigenvalue weighted by molar-refractivity contribution is -0.133. The molecule has 0 spiro atoms. The maximum atomic E-state index is 12.5. The molecule has 1 aliphatic rings. The Morgan fingerprint density at radius 3 is 2.33 bits per heavy atom. The number of methoxy groups -OCH3 is 1. The van der Waals surface area contributed by atoms with Crippen LogP contribution in [-0.4, -0.2) is 45.5 Å². The molecule has 1 saturated carbocycles. The van der Waals surface area contributed by atoms with Gasteiger partial charge in [0.05, 0.1) is 18.0 Å². The number of nitrogens with zero attached hydrogens (tertiary/aromatic N) is 1. The summed E-state index contributed by atoms with van der Waals surface area (Å²) in [4.78, 5) is 14.3. The average molecular weight is 354 g/mol. The van der Waals surface area contributed by atoms with Gasteiger partial charge in [-0.05, 0) is 44.0 Å². The van der Waals surface area contributed by atoms with Crippen LogP contribution in [0.1, 0.15) is 39.0 Å². The van der Waals surface area contributed by atoms with E-state index in [4.69, 9.17) is 4.74 Å². The summed E-state index contributed by atoms with van der Waals surface area (Å²) >= 11 is 0. The minimum Gasteiger partial charge on any atom is -0.497 e. The molecule has 0 heterocycles. The molecule has 0 bridgehead atoms. The molecule has 1 aliphatic carbocycles. The monoisotopic (exact) mass is 354 g/mol. The highest BCUT2D eigenvalue weighted by atomic mass is 32.2. The van der Waals surface area contributed by atoms with Gasteiger partial charge in [0.1, 0.15) is 5.75 Å². The van der Waals surface area contributed by atoms with Crippen molar-refractivity contribution in [1.29, 1.82) is 0 Å². The number of benzene rings is 1. The Morgan fingerprint density at radius 2 is 1.79 bits per heavy atom. The Morgan fingerprint density at radius 1 is 1.21 bits per heavy atom. The molecule has 1 fully saturated rings. The molecule has 24 heavy (non-hydrogen) atoms. The molecule has 2 rings (SSSR count). The van der Waals surface area contributed by atoms with E-state index < -0.39 is 16.1 Å². The van der Waals surface area contributed by atoms with Gasteiger partial charge in [0.2, 0.25) is 15.9 Å². The topological polar surface area (TPSA) is 75.7 Å². The second kappa shape index (κ2) is 7.98. The highest BCUT2D eigenvalue weighted by molar-refractivity contribution is 7.89. The van der Waals surface area contributed by atoms with Crippen molar-refractivity contribution in [3.63, 3.8) is 0 Å². The maximum absolute atomic E-state index is 12.5. The molecule has 134 valence electrons. The summed E-state index contributed by atoms with van der Waals surface area (Å²) in [5, 5.41) is 0. The summed E-state index contributed by atoms with van der Waals surface area (Å²) in [6.45, 7) is 1.59. The maximum Gasteiger partial charge on any atom is 0.241 e. The fourth-order valence-corrected chi connectivity index (χ4v) is 4.26. The molecule has 1 aromatic rings. The van der Waals surface area contributed by atoms with Gasteiger partial charge in [0, 0.05) is 13.1 Å². The van der Waals surface area contributed by atoms with Crippen molar-refractivity contribution in [3.8, 4) is 5.75 Å². The lowest BCUT2D eigenvalue weighted by Gasteiger charge is -2.33. The van der Waals surface area contributed by atoms with Crippen LogP contribution < -0.4 is 9.46 Å². The first-order valence-electron chi connectivity index (χ1n) is 8.28. The van der Waals surface area contributed by atoms with Crippen LogP contribution in [0.3, 0.4) is 0 Å². The Labute approximate surface area is 144 Å². The van der Waals surface area contributed by atoms with Gasteiger partial charge in [-0.25, -0.2) is 8.42 Å². The summed E-state index contributed by atoms with van der Waals surface area (Å²) in [5.41, 5.74) is 0. The van der Waals surface area contributed by atoms with Crippen LogP contribution in [0.25, 0.3) is 0 Å². The SMILES string of the molecule is COc1ccc(S(=O)(=O)N[C@@H](C)C(=O)N(C)C2CCCCC2)cc1. The minimum absolute atomic E-state index is 0.114. The summed E-state index contributed by atoms with van der Waals surface area (Å²) in [6, 6.07) is 5.49. The largest absolute Gasteiger partial charge is 0.497 e. The van der Waals surface area contributed by atoms with Gasteiger partial charge < -0.3 is 9.64 Å². The van der Waals surface area contributed by atoms with E-state index in [0.29, 0.717) is 5.75 Å². The summed E-state index contributed by atoms with van der Waals surface area (Å²) < 4.78 is 32.3. The van der Waals surface area contributed by atoms with Crippen molar-refractivity contribution in [1.82, 2.24) is 9.62 Å². The Hall–Kier alpha value is -1.60. The van der Waals surface area contributed by atoms with Gasteiger partial charge in [-0.15, -0.1) is 0 Å². The number of carbonyl (C=O) groups is 1.